The summed E-state index contributed by atoms with van der Waals surface area (Å²) in [6.07, 6.45) is 0. The number of rotatable bonds is 10. The van der Waals surface area contributed by atoms with E-state index in [4.69, 9.17) is 9.47 Å². The molecular weight excluding hydrogens is 568 g/mol. The molecule has 0 spiro atoms. The van der Waals surface area contributed by atoms with Gasteiger partial charge in [-0.3, -0.25) is 14.7 Å². The number of hydrogen-bond acceptors (Lipinski definition) is 7. The Morgan fingerprint density at radius 2 is 1.76 bits per heavy atom. The Kier molecular flexibility index (Phi) is 8.73. The highest BCUT2D eigenvalue weighted by Crippen LogP contribution is 2.43. The van der Waals surface area contributed by atoms with Crippen LogP contribution < -0.4 is 9.47 Å². The van der Waals surface area contributed by atoms with Crippen LogP contribution in [0.2, 0.25) is 0 Å². The molecule has 0 aliphatic heterocycles. The summed E-state index contributed by atoms with van der Waals surface area (Å²) in [4.78, 5) is 11.4. The lowest BCUT2D eigenvalue weighted by atomic mass is 10.1. The van der Waals surface area contributed by atoms with E-state index < -0.39 is 5.25 Å². The zero-order valence-electron chi connectivity index (χ0n) is 21.9. The van der Waals surface area contributed by atoms with Gasteiger partial charge in [-0.2, -0.15) is 0 Å². The van der Waals surface area contributed by atoms with Crippen LogP contribution in [0, 0.1) is 37.8 Å². The summed E-state index contributed by atoms with van der Waals surface area (Å²) < 4.78 is 14.3. The van der Waals surface area contributed by atoms with Gasteiger partial charge >= 0.3 is 0 Å². The minimum absolute atomic E-state index is 0.303. The quantitative estimate of drug-likeness (QED) is 0.111. The maximum atomic E-state index is 11.7. The van der Waals surface area contributed by atoms with E-state index in [1.165, 1.54) is 22.9 Å². The Balaban J connectivity index is 1.65. The molecule has 0 bridgehead atoms. The molecule has 4 aromatic rings. The lowest BCUT2D eigenvalue weighted by molar-refractivity contribution is -0.479. The summed E-state index contributed by atoms with van der Waals surface area (Å²) in [6.45, 7) is 8.07. The number of ether oxygens (including phenoxy) is 2. The number of aromatic nitrogens is 3. The molecule has 8 nitrogen and oxygen atoms in total. The standard InChI is InChI=1S/C28H29BrN4O4S/c1-17-6-9-21(10-7-17)16-37-27-24(29)13-22(14-25(27)36-5)26(15-32(34)35)38-28-31-30-20(4)33(28)23-11-8-18(2)19(3)12-23/h6-14,26H,15-16H2,1-5H3/t26-/m1/s1. The van der Waals surface area contributed by atoms with Crippen molar-refractivity contribution in [1.82, 2.24) is 14.8 Å². The Bertz CT molecular complexity index is 1460. The van der Waals surface area contributed by atoms with E-state index in [1.54, 1.807) is 13.2 Å². The van der Waals surface area contributed by atoms with Crippen LogP contribution in [0.1, 0.15) is 38.9 Å². The van der Waals surface area contributed by atoms with Crippen LogP contribution >= 0.6 is 27.7 Å². The first-order valence-electron chi connectivity index (χ1n) is 12.0. The van der Waals surface area contributed by atoms with Crippen LogP contribution in [0.3, 0.4) is 0 Å². The third-order valence-electron chi connectivity index (χ3n) is 6.23. The van der Waals surface area contributed by atoms with Crippen molar-refractivity contribution in [2.45, 2.75) is 44.7 Å². The van der Waals surface area contributed by atoms with Gasteiger partial charge < -0.3 is 9.47 Å². The summed E-state index contributed by atoms with van der Waals surface area (Å²) in [5.74, 6) is 1.73. The zero-order valence-corrected chi connectivity index (χ0v) is 24.3. The van der Waals surface area contributed by atoms with E-state index in [0.717, 1.165) is 16.8 Å². The number of nitro groups is 1. The minimum Gasteiger partial charge on any atom is -0.493 e. The number of nitrogens with zero attached hydrogens (tertiary/aromatic N) is 4. The molecule has 4 rings (SSSR count). The van der Waals surface area contributed by atoms with Crippen molar-refractivity contribution in [2.75, 3.05) is 13.7 Å². The molecule has 1 heterocycles. The molecule has 0 saturated carbocycles. The number of aryl methyl sites for hydroxylation is 4. The van der Waals surface area contributed by atoms with Crippen LogP contribution in [0.5, 0.6) is 11.5 Å². The van der Waals surface area contributed by atoms with Gasteiger partial charge in [0.15, 0.2) is 16.7 Å². The molecule has 0 amide bonds. The van der Waals surface area contributed by atoms with Gasteiger partial charge in [0.2, 0.25) is 6.54 Å². The van der Waals surface area contributed by atoms with Crippen molar-refractivity contribution in [1.29, 1.82) is 0 Å². The largest absolute Gasteiger partial charge is 0.493 e. The molecule has 0 N–H and O–H groups in total. The first-order chi connectivity index (χ1) is 18.2. The topological polar surface area (TPSA) is 92.3 Å². The lowest BCUT2D eigenvalue weighted by Crippen LogP contribution is -2.12. The highest BCUT2D eigenvalue weighted by molar-refractivity contribution is 9.10. The zero-order chi connectivity index (χ0) is 27.4. The van der Waals surface area contributed by atoms with E-state index >= 15 is 0 Å². The van der Waals surface area contributed by atoms with Crippen LogP contribution in [0.15, 0.2) is 64.2 Å². The Morgan fingerprint density at radius 1 is 1.03 bits per heavy atom. The molecule has 0 saturated heterocycles. The first-order valence-corrected chi connectivity index (χ1v) is 13.7. The van der Waals surface area contributed by atoms with E-state index in [1.807, 2.05) is 67.8 Å². The Labute approximate surface area is 234 Å². The molecular formula is C28H29BrN4O4S. The maximum absolute atomic E-state index is 11.7. The second-order valence-electron chi connectivity index (χ2n) is 9.06. The first kappa shape index (κ1) is 27.7. The molecule has 3 aromatic carbocycles. The fourth-order valence-electron chi connectivity index (χ4n) is 3.96. The van der Waals surface area contributed by atoms with Gasteiger partial charge in [0.05, 0.1) is 11.6 Å². The van der Waals surface area contributed by atoms with E-state index in [0.29, 0.717) is 39.1 Å². The molecule has 1 atom stereocenters. The summed E-state index contributed by atoms with van der Waals surface area (Å²) in [7, 11) is 1.56. The number of benzene rings is 3. The normalized spacial score (nSPS) is 11.8. The van der Waals surface area contributed by atoms with Crippen LogP contribution in [-0.4, -0.2) is 33.3 Å². The second kappa shape index (κ2) is 12.0. The number of hydrogen-bond donors (Lipinski definition) is 0. The number of methoxy groups -OCH3 is 1. The molecule has 0 radical (unpaired) electrons. The molecule has 198 valence electrons. The SMILES string of the molecule is COc1cc([C@@H](C[N+](=O)[O-])Sc2nnc(C)n2-c2ccc(C)c(C)c2)cc(Br)c1OCc1ccc(C)cc1. The third kappa shape index (κ3) is 6.36. The van der Waals surface area contributed by atoms with Crippen molar-refractivity contribution in [3.63, 3.8) is 0 Å². The van der Waals surface area contributed by atoms with Gasteiger partial charge in [-0.25, -0.2) is 0 Å². The Hall–Kier alpha value is -3.37. The summed E-state index contributed by atoms with van der Waals surface area (Å²) in [6, 6.07) is 17.9. The van der Waals surface area contributed by atoms with E-state index in [2.05, 4.69) is 39.1 Å². The summed E-state index contributed by atoms with van der Waals surface area (Å²) >= 11 is 4.89. The van der Waals surface area contributed by atoms with Gasteiger partial charge in [-0.15, -0.1) is 10.2 Å². The molecule has 0 aliphatic carbocycles. The van der Waals surface area contributed by atoms with Gasteiger partial charge in [-0.05, 0) is 90.1 Å². The molecule has 10 heteroatoms. The van der Waals surface area contributed by atoms with Crippen molar-refractivity contribution < 1.29 is 14.4 Å². The fraction of sp³-hybridized carbons (Fsp3) is 0.286. The number of halogens is 1. The van der Waals surface area contributed by atoms with Crippen molar-refractivity contribution in [3.05, 3.63) is 103 Å². The predicted octanol–water partition coefficient (Wildman–Crippen LogP) is 6.96. The van der Waals surface area contributed by atoms with Crippen molar-refractivity contribution in [2.24, 2.45) is 0 Å². The van der Waals surface area contributed by atoms with Crippen LogP contribution in [-0.2, 0) is 6.61 Å². The van der Waals surface area contributed by atoms with Gasteiger partial charge in [0.25, 0.3) is 0 Å². The highest BCUT2D eigenvalue weighted by Gasteiger charge is 2.26. The summed E-state index contributed by atoms with van der Waals surface area (Å²) in [5, 5.41) is 20.3. The third-order valence-corrected chi connectivity index (χ3v) is 8.00. The van der Waals surface area contributed by atoms with Gasteiger partial charge in [0, 0.05) is 10.6 Å². The highest BCUT2D eigenvalue weighted by atomic mass is 79.9. The van der Waals surface area contributed by atoms with Crippen LogP contribution in [0.25, 0.3) is 5.69 Å². The second-order valence-corrected chi connectivity index (χ2v) is 11.1. The maximum Gasteiger partial charge on any atom is 0.220 e. The monoisotopic (exact) mass is 596 g/mol. The number of thioether (sulfide) groups is 1. The Morgan fingerprint density at radius 3 is 2.42 bits per heavy atom. The fourth-order valence-corrected chi connectivity index (χ4v) is 5.69. The predicted molar refractivity (Wildman–Crippen MR) is 152 cm³/mol. The summed E-state index contributed by atoms with van der Waals surface area (Å²) in [5.41, 5.74) is 6.15. The molecule has 1 aromatic heterocycles. The van der Waals surface area contributed by atoms with Gasteiger partial charge in [0.1, 0.15) is 17.7 Å². The van der Waals surface area contributed by atoms with E-state index in [-0.39, 0.29) is 11.5 Å². The smallest absolute Gasteiger partial charge is 0.220 e. The van der Waals surface area contributed by atoms with Gasteiger partial charge in [-0.1, -0.05) is 47.7 Å². The molecule has 0 aliphatic rings. The molecule has 0 unspecified atom stereocenters. The average Bonchev–Trinajstić information content (AvgIpc) is 3.24. The molecule has 0 fully saturated rings. The lowest BCUT2D eigenvalue weighted by Gasteiger charge is -2.18. The average molecular weight is 598 g/mol. The van der Waals surface area contributed by atoms with Crippen molar-refractivity contribution in [3.8, 4) is 17.2 Å². The van der Waals surface area contributed by atoms with Crippen LogP contribution in [0.4, 0.5) is 0 Å². The molecule has 38 heavy (non-hydrogen) atoms. The minimum atomic E-state index is -0.546. The van der Waals surface area contributed by atoms with Crippen molar-refractivity contribution >= 4 is 27.7 Å². The van der Waals surface area contributed by atoms with E-state index in [9.17, 15) is 10.1 Å².